The highest BCUT2D eigenvalue weighted by Crippen LogP contribution is 2.28. The summed E-state index contributed by atoms with van der Waals surface area (Å²) < 4.78 is 14.7. The molecule has 4 nitrogen and oxygen atoms in total. The number of rotatable bonds is 5. The predicted molar refractivity (Wildman–Crippen MR) is 96.0 cm³/mol. The highest BCUT2D eigenvalue weighted by molar-refractivity contribution is 7.98. The number of benzene rings is 2. The van der Waals surface area contributed by atoms with Crippen LogP contribution in [0.2, 0.25) is 0 Å². The molecule has 1 aromatic heterocycles. The minimum Gasteiger partial charge on any atom is -0.477 e. The highest BCUT2D eigenvalue weighted by Gasteiger charge is 2.18. The van der Waals surface area contributed by atoms with Crippen LogP contribution in [0.15, 0.2) is 53.8 Å². The fourth-order valence-corrected chi connectivity index (χ4v) is 3.83. The number of hydrogen-bond donors (Lipinski definition) is 1. The first-order valence-electron chi connectivity index (χ1n) is 7.72. The first-order valence-corrected chi connectivity index (χ1v) is 8.71. The van der Waals surface area contributed by atoms with Crippen LogP contribution in [0.4, 0.5) is 4.39 Å². The van der Waals surface area contributed by atoms with Crippen LogP contribution in [0, 0.1) is 19.7 Å². The molecule has 128 valence electrons. The van der Waals surface area contributed by atoms with Crippen LogP contribution < -0.4 is 0 Å². The largest absolute Gasteiger partial charge is 0.477 e. The van der Waals surface area contributed by atoms with Gasteiger partial charge in [0.05, 0.1) is 6.20 Å². The number of carboxylic acid groups (broad SMARTS) is 1. The molecule has 1 N–H and O–H groups in total. The molecule has 0 amide bonds. The molecule has 25 heavy (non-hydrogen) atoms. The van der Waals surface area contributed by atoms with Crippen LogP contribution in [0.5, 0.6) is 0 Å². The van der Waals surface area contributed by atoms with E-state index in [0.29, 0.717) is 16.6 Å². The SMILES string of the molecule is Cc1cccc(C)c1CSc1ncc(C(=O)O)n1-c1ccc(F)cc1. The maximum atomic E-state index is 13.2. The van der Waals surface area contributed by atoms with E-state index in [9.17, 15) is 14.3 Å². The molecule has 1 heterocycles. The Kier molecular flexibility index (Phi) is 4.90. The average Bonchev–Trinajstić information content (AvgIpc) is 2.99. The zero-order chi connectivity index (χ0) is 18.0. The van der Waals surface area contributed by atoms with E-state index in [0.717, 1.165) is 0 Å². The lowest BCUT2D eigenvalue weighted by Crippen LogP contribution is -2.07. The molecule has 0 atom stereocenters. The molecule has 0 aliphatic carbocycles. The molecule has 0 unspecified atom stereocenters. The Labute approximate surface area is 149 Å². The molecule has 3 rings (SSSR count). The Hall–Kier alpha value is -2.60. The lowest BCUT2D eigenvalue weighted by atomic mass is 10.1. The monoisotopic (exact) mass is 356 g/mol. The number of imidazole rings is 1. The molecule has 0 aliphatic heterocycles. The number of carboxylic acids is 1. The third-order valence-electron chi connectivity index (χ3n) is 4.02. The van der Waals surface area contributed by atoms with E-state index in [2.05, 4.69) is 31.0 Å². The number of thioether (sulfide) groups is 1. The number of halogens is 1. The fourth-order valence-electron chi connectivity index (χ4n) is 2.64. The van der Waals surface area contributed by atoms with Gasteiger partial charge in [0.1, 0.15) is 5.82 Å². The second kappa shape index (κ2) is 7.11. The van der Waals surface area contributed by atoms with Crippen molar-refractivity contribution in [1.29, 1.82) is 0 Å². The Morgan fingerprint density at radius 3 is 2.40 bits per heavy atom. The third-order valence-corrected chi connectivity index (χ3v) is 5.00. The quantitative estimate of drug-likeness (QED) is 0.678. The van der Waals surface area contributed by atoms with Crippen LogP contribution in [0.1, 0.15) is 27.2 Å². The number of aryl methyl sites for hydroxylation is 2. The number of carbonyl (C=O) groups is 1. The van der Waals surface area contributed by atoms with Gasteiger partial charge in [-0.15, -0.1) is 0 Å². The Morgan fingerprint density at radius 1 is 1.16 bits per heavy atom. The summed E-state index contributed by atoms with van der Waals surface area (Å²) in [6, 6.07) is 11.8. The van der Waals surface area contributed by atoms with Crippen LogP contribution >= 0.6 is 11.8 Å². The molecule has 0 saturated carbocycles. The van der Waals surface area contributed by atoms with Gasteiger partial charge in [-0.2, -0.15) is 0 Å². The summed E-state index contributed by atoms with van der Waals surface area (Å²) in [7, 11) is 0. The van der Waals surface area contributed by atoms with Crippen LogP contribution in [0.25, 0.3) is 5.69 Å². The van der Waals surface area contributed by atoms with E-state index in [1.165, 1.54) is 46.8 Å². The molecule has 0 fully saturated rings. The summed E-state index contributed by atoms with van der Waals surface area (Å²) in [6.07, 6.45) is 1.33. The van der Waals surface area contributed by atoms with Gasteiger partial charge in [0.25, 0.3) is 0 Å². The molecule has 0 saturated heterocycles. The molecule has 0 spiro atoms. The molecule has 2 aromatic carbocycles. The number of aromatic carboxylic acids is 1. The Bertz CT molecular complexity index is 899. The molecule has 6 heteroatoms. The smallest absolute Gasteiger partial charge is 0.354 e. The fraction of sp³-hybridized carbons (Fsp3) is 0.158. The second-order valence-electron chi connectivity index (χ2n) is 5.70. The lowest BCUT2D eigenvalue weighted by molar-refractivity contribution is 0.0687. The standard InChI is InChI=1S/C19H17FN2O2S/c1-12-4-3-5-13(2)16(12)11-25-19-21-10-17(18(23)24)22(19)15-8-6-14(20)7-9-15/h3-10H,11H2,1-2H3,(H,23,24). The first kappa shape index (κ1) is 17.2. The second-order valence-corrected chi connectivity index (χ2v) is 6.64. The van der Waals surface area contributed by atoms with Crippen molar-refractivity contribution in [3.05, 3.63) is 76.9 Å². The summed E-state index contributed by atoms with van der Waals surface area (Å²) in [4.78, 5) is 15.8. The normalized spacial score (nSPS) is 10.8. The van der Waals surface area contributed by atoms with E-state index in [-0.39, 0.29) is 11.5 Å². The third kappa shape index (κ3) is 3.58. The summed E-state index contributed by atoms with van der Waals surface area (Å²) in [5, 5.41) is 9.99. The molecule has 0 bridgehead atoms. The number of aromatic nitrogens is 2. The predicted octanol–water partition coefficient (Wildman–Crippen LogP) is 4.62. The van der Waals surface area contributed by atoms with Crippen LogP contribution in [0.3, 0.4) is 0 Å². The zero-order valence-electron chi connectivity index (χ0n) is 13.9. The van der Waals surface area contributed by atoms with Gasteiger partial charge in [-0.25, -0.2) is 14.2 Å². The Morgan fingerprint density at radius 2 is 1.80 bits per heavy atom. The number of hydrogen-bond acceptors (Lipinski definition) is 3. The van der Waals surface area contributed by atoms with Gasteiger partial charge in [-0.05, 0) is 54.8 Å². The molecule has 3 aromatic rings. The topological polar surface area (TPSA) is 55.1 Å². The van der Waals surface area contributed by atoms with Crippen LogP contribution in [-0.2, 0) is 5.75 Å². The van der Waals surface area contributed by atoms with E-state index in [4.69, 9.17) is 0 Å². The first-order chi connectivity index (χ1) is 12.0. The van der Waals surface area contributed by atoms with Crippen molar-refractivity contribution in [3.63, 3.8) is 0 Å². The average molecular weight is 356 g/mol. The highest BCUT2D eigenvalue weighted by atomic mass is 32.2. The van der Waals surface area contributed by atoms with Crippen molar-refractivity contribution < 1.29 is 14.3 Å². The van der Waals surface area contributed by atoms with Crippen molar-refractivity contribution in [1.82, 2.24) is 9.55 Å². The van der Waals surface area contributed by atoms with Crippen molar-refractivity contribution in [3.8, 4) is 5.69 Å². The number of nitrogens with zero attached hydrogens (tertiary/aromatic N) is 2. The van der Waals surface area contributed by atoms with Crippen LogP contribution in [-0.4, -0.2) is 20.6 Å². The lowest BCUT2D eigenvalue weighted by Gasteiger charge is -2.12. The maximum Gasteiger partial charge on any atom is 0.354 e. The van der Waals surface area contributed by atoms with Gasteiger partial charge in [0.2, 0.25) is 0 Å². The van der Waals surface area contributed by atoms with E-state index >= 15 is 0 Å². The van der Waals surface area contributed by atoms with E-state index in [1.807, 2.05) is 6.07 Å². The van der Waals surface area contributed by atoms with Gasteiger partial charge in [-0.3, -0.25) is 4.57 Å². The maximum absolute atomic E-state index is 13.2. The van der Waals surface area contributed by atoms with Crippen molar-refractivity contribution in [2.24, 2.45) is 0 Å². The van der Waals surface area contributed by atoms with E-state index in [1.54, 1.807) is 16.7 Å². The molecule has 0 radical (unpaired) electrons. The van der Waals surface area contributed by atoms with Gasteiger partial charge in [0, 0.05) is 11.4 Å². The summed E-state index contributed by atoms with van der Waals surface area (Å²) in [5.41, 5.74) is 4.20. The van der Waals surface area contributed by atoms with Gasteiger partial charge in [0.15, 0.2) is 10.9 Å². The minimum atomic E-state index is -1.07. The minimum absolute atomic E-state index is 0.0515. The Balaban J connectivity index is 1.97. The van der Waals surface area contributed by atoms with Gasteiger partial charge < -0.3 is 5.11 Å². The summed E-state index contributed by atoms with van der Waals surface area (Å²) in [6.45, 7) is 4.11. The van der Waals surface area contributed by atoms with E-state index < -0.39 is 5.97 Å². The zero-order valence-corrected chi connectivity index (χ0v) is 14.7. The van der Waals surface area contributed by atoms with Gasteiger partial charge >= 0.3 is 5.97 Å². The van der Waals surface area contributed by atoms with Crippen molar-refractivity contribution in [2.75, 3.05) is 0 Å². The van der Waals surface area contributed by atoms with Crippen molar-refractivity contribution >= 4 is 17.7 Å². The molecular formula is C19H17FN2O2S. The molecule has 0 aliphatic rings. The van der Waals surface area contributed by atoms with Gasteiger partial charge in [-0.1, -0.05) is 30.0 Å². The summed E-state index contributed by atoms with van der Waals surface area (Å²) in [5.74, 6) is -0.767. The van der Waals surface area contributed by atoms with Crippen molar-refractivity contribution in [2.45, 2.75) is 24.8 Å². The molecular weight excluding hydrogens is 339 g/mol. The summed E-state index contributed by atoms with van der Waals surface area (Å²) >= 11 is 1.46.